The highest BCUT2D eigenvalue weighted by atomic mass is 16.8. The van der Waals surface area contributed by atoms with Gasteiger partial charge < -0.3 is 84.3 Å². The molecule has 0 aromatic rings. The first-order valence-electron chi connectivity index (χ1n) is 24.7. The van der Waals surface area contributed by atoms with E-state index in [9.17, 15) is 65.4 Å². The Bertz CT molecular complexity index is 1850. The highest BCUT2D eigenvalue weighted by Crippen LogP contribution is 2.67. The van der Waals surface area contributed by atoms with Crippen LogP contribution in [0.15, 0.2) is 11.6 Å². The predicted octanol–water partition coefficient (Wildman–Crippen LogP) is 1.79. The van der Waals surface area contributed by atoms with Crippen molar-refractivity contribution < 1.29 is 93.9 Å². The quantitative estimate of drug-likeness (QED) is 0.0674. The molecule has 10 N–H and O–H groups in total. The number of allylic oxidation sites excluding steroid dienone is 2. The zero-order valence-electron chi connectivity index (χ0n) is 40.4. The van der Waals surface area contributed by atoms with E-state index in [0.717, 1.165) is 24.7 Å². The molecule has 0 spiro atoms. The van der Waals surface area contributed by atoms with Gasteiger partial charge in [-0.1, -0.05) is 59.6 Å². The average Bonchev–Trinajstić information content (AvgIpc) is 3.29. The van der Waals surface area contributed by atoms with Crippen molar-refractivity contribution in [3.05, 3.63) is 11.6 Å². The molecule has 7 aliphatic rings. The van der Waals surface area contributed by atoms with Crippen molar-refractivity contribution in [1.29, 1.82) is 0 Å². The molecule has 0 aromatic heterocycles. The van der Waals surface area contributed by atoms with Gasteiger partial charge in [0, 0.05) is 12.8 Å². The summed E-state index contributed by atoms with van der Waals surface area (Å²) in [6, 6.07) is 0. The first-order chi connectivity index (χ1) is 31.9. The van der Waals surface area contributed by atoms with Crippen molar-refractivity contribution in [3.8, 4) is 0 Å². The third kappa shape index (κ3) is 9.37. The van der Waals surface area contributed by atoms with E-state index in [1.54, 1.807) is 0 Å². The molecule has 21 atom stereocenters. The van der Waals surface area contributed by atoms with E-state index < -0.39 is 140 Å². The Morgan fingerprint density at radius 2 is 1.51 bits per heavy atom. The number of carboxylic acid groups (broad SMARTS) is 2. The van der Waals surface area contributed by atoms with Crippen molar-refractivity contribution >= 4 is 18.2 Å². The van der Waals surface area contributed by atoms with Crippen molar-refractivity contribution in [1.82, 2.24) is 0 Å². The van der Waals surface area contributed by atoms with E-state index in [1.165, 1.54) is 0 Å². The molecule has 388 valence electrons. The maximum absolute atomic E-state index is 13.9. The lowest BCUT2D eigenvalue weighted by Crippen LogP contribution is -2.66. The molecular weight excluding hydrogens is 893 g/mol. The summed E-state index contributed by atoms with van der Waals surface area (Å²) < 4.78 is 36.9. The molecule has 19 heteroatoms. The number of aliphatic carboxylic acids is 2. The minimum absolute atomic E-state index is 0.0264. The average molecular weight is 971 g/mol. The molecule has 19 nitrogen and oxygen atoms in total. The number of aldehydes is 1. The van der Waals surface area contributed by atoms with Gasteiger partial charge in [0.1, 0.15) is 48.3 Å². The van der Waals surface area contributed by atoms with E-state index in [4.69, 9.17) is 28.4 Å². The zero-order valence-corrected chi connectivity index (χ0v) is 40.4. The number of hydrogen-bond donors (Lipinski definition) is 10. The van der Waals surface area contributed by atoms with Crippen molar-refractivity contribution in [2.45, 2.75) is 211 Å². The van der Waals surface area contributed by atoms with Gasteiger partial charge in [-0.05, 0) is 98.2 Å². The SMILES string of the molecule is CCC1(C)CCC2C(C)(CC[C@H](O[C@@H]3OC(CO)(C(=O)O)CC(O[C@@H]4OC[C@@H](O)C(O)C4O)C3O[C@@H]3OC(CO)[C@H](O)CC3O)C2(C)C=O)C1C/C=C1\CC[C@@H](O)C2(C(=O)O)CCC(C)(C)CC12. The van der Waals surface area contributed by atoms with Gasteiger partial charge in [-0.2, -0.15) is 0 Å². The fraction of sp³-hybridized carbons (Fsp3) is 0.898. The van der Waals surface area contributed by atoms with Crippen LogP contribution in [0.2, 0.25) is 0 Å². The Morgan fingerprint density at radius 1 is 0.794 bits per heavy atom. The van der Waals surface area contributed by atoms with Crippen molar-refractivity contribution in [2.24, 2.45) is 44.8 Å². The molecule has 14 unspecified atom stereocenters. The lowest BCUT2D eigenvalue weighted by atomic mass is 9.42. The number of rotatable bonds is 14. The first kappa shape index (κ1) is 53.6. The van der Waals surface area contributed by atoms with E-state index in [2.05, 4.69) is 40.7 Å². The number of carbonyl (C=O) groups is 3. The van der Waals surface area contributed by atoms with Gasteiger partial charge in [0.2, 0.25) is 0 Å². The maximum Gasteiger partial charge on any atom is 0.338 e. The largest absolute Gasteiger partial charge is 0.481 e. The van der Waals surface area contributed by atoms with E-state index >= 15 is 0 Å². The summed E-state index contributed by atoms with van der Waals surface area (Å²) in [5.74, 6) is -3.16. The normalized spacial score (nSPS) is 50.2. The van der Waals surface area contributed by atoms with Crippen LogP contribution < -0.4 is 0 Å². The molecule has 3 saturated heterocycles. The number of ether oxygens (including phenoxy) is 6. The molecule has 3 aliphatic heterocycles. The molecule has 7 rings (SSSR count). The summed E-state index contributed by atoms with van der Waals surface area (Å²) in [7, 11) is 0. The minimum atomic E-state index is -2.42. The number of hydrogen-bond acceptors (Lipinski definition) is 17. The van der Waals surface area contributed by atoms with Crippen LogP contribution in [-0.4, -0.2) is 175 Å². The highest BCUT2D eigenvalue weighted by molar-refractivity contribution is 5.78. The molecule has 0 radical (unpaired) electrons. The second-order valence-corrected chi connectivity index (χ2v) is 22.9. The third-order valence-corrected chi connectivity index (χ3v) is 18.5. The molecule has 0 bridgehead atoms. The minimum Gasteiger partial charge on any atom is -0.481 e. The van der Waals surface area contributed by atoms with Gasteiger partial charge >= 0.3 is 11.9 Å². The molecule has 4 saturated carbocycles. The highest BCUT2D eigenvalue weighted by Gasteiger charge is 2.64. The molecule has 68 heavy (non-hydrogen) atoms. The van der Waals surface area contributed by atoms with Crippen molar-refractivity contribution in [3.63, 3.8) is 0 Å². The summed E-state index contributed by atoms with van der Waals surface area (Å²) in [4.78, 5) is 40.1. The first-order valence-corrected chi connectivity index (χ1v) is 24.7. The summed E-state index contributed by atoms with van der Waals surface area (Å²) >= 11 is 0. The summed E-state index contributed by atoms with van der Waals surface area (Å²) in [5.41, 5.74) is -4.59. The number of aliphatic hydroxyl groups is 8. The van der Waals surface area contributed by atoms with Crippen molar-refractivity contribution in [2.75, 3.05) is 19.8 Å². The summed E-state index contributed by atoms with van der Waals surface area (Å²) in [5, 5.41) is 107. The topological polar surface area (TPSA) is 309 Å². The van der Waals surface area contributed by atoms with E-state index in [1.807, 2.05) is 6.92 Å². The number of fused-ring (bicyclic) bond motifs is 2. The Kier molecular flexibility index (Phi) is 15.8. The molecule has 3 heterocycles. The summed E-state index contributed by atoms with van der Waals surface area (Å²) in [6.45, 7) is 10.6. The van der Waals surface area contributed by atoms with E-state index in [0.29, 0.717) is 51.4 Å². The Labute approximate surface area is 398 Å². The van der Waals surface area contributed by atoms with Crippen LogP contribution in [0.4, 0.5) is 0 Å². The van der Waals surface area contributed by atoms with Gasteiger partial charge in [-0.15, -0.1) is 0 Å². The Hall–Kier alpha value is -2.21. The fourth-order valence-electron chi connectivity index (χ4n) is 14.0. The smallest absolute Gasteiger partial charge is 0.338 e. The van der Waals surface area contributed by atoms with Gasteiger partial charge in [0.15, 0.2) is 24.5 Å². The van der Waals surface area contributed by atoms with Gasteiger partial charge in [0.05, 0.1) is 49.7 Å². The van der Waals surface area contributed by atoms with Gasteiger partial charge in [0.25, 0.3) is 0 Å². The molecule has 4 aliphatic carbocycles. The Morgan fingerprint density at radius 3 is 2.15 bits per heavy atom. The van der Waals surface area contributed by atoms with Crippen LogP contribution in [0.1, 0.15) is 125 Å². The molecule has 7 fully saturated rings. The summed E-state index contributed by atoms with van der Waals surface area (Å²) in [6.07, 6.45) is -10.5. The van der Waals surface area contributed by atoms with Crippen LogP contribution in [0.5, 0.6) is 0 Å². The standard InChI is InChI=1S/C49H78O19/c1-7-45(4)14-12-33-46(5,32(45)10-8-25-9-11-34(56)49(43(61)62)17-16-44(2,3)19-26(25)49)15-13-35(47(33,6)23-51)66-41-38(67-39-28(54)18-27(53)31(21-50)65-39)30(20-48(24-52,68-41)42(59)60)64-40-37(58)36(57)29(55)22-63-40/h8,23,26-41,50,52-58H,7,9-22,24H2,1-6H3,(H,59,60)(H,61,62)/b25-8+/t26?,27-,28?,29-,30?,31?,32?,33?,34-,35+,36?,37?,38?,39+,40+,41-,45?,46?,47?,48?,49?/m1/s1. The molecule has 0 aromatic carbocycles. The zero-order chi connectivity index (χ0) is 49.9. The second-order valence-electron chi connectivity index (χ2n) is 22.9. The van der Waals surface area contributed by atoms with Crippen LogP contribution in [-0.2, 0) is 42.8 Å². The number of carbonyl (C=O) groups excluding carboxylic acids is 1. The monoisotopic (exact) mass is 971 g/mol. The fourth-order valence-corrected chi connectivity index (χ4v) is 14.0. The lowest BCUT2D eigenvalue weighted by molar-refractivity contribution is -0.385. The Balaban J connectivity index is 1.23. The predicted molar refractivity (Wildman–Crippen MR) is 237 cm³/mol. The third-order valence-electron chi connectivity index (χ3n) is 18.5. The lowest BCUT2D eigenvalue weighted by Gasteiger charge is -2.64. The maximum atomic E-state index is 13.9. The number of aliphatic hydroxyl groups excluding tert-OH is 8. The molecular formula is C49H78O19. The van der Waals surface area contributed by atoms with Crippen LogP contribution in [0.25, 0.3) is 0 Å². The molecule has 0 amide bonds. The van der Waals surface area contributed by atoms with Crippen LogP contribution in [0.3, 0.4) is 0 Å². The van der Waals surface area contributed by atoms with Crippen LogP contribution in [0, 0.1) is 44.8 Å². The van der Waals surface area contributed by atoms with Gasteiger partial charge in [-0.25, -0.2) is 4.79 Å². The number of carboxylic acids is 2. The second kappa shape index (κ2) is 20.0. The van der Waals surface area contributed by atoms with E-state index in [-0.39, 0.29) is 41.4 Å². The van der Waals surface area contributed by atoms with Crippen LogP contribution >= 0.6 is 0 Å². The van der Waals surface area contributed by atoms with Gasteiger partial charge in [-0.3, -0.25) is 4.79 Å².